The standard InChI is InChI=1S/C19H41N5.HI/c1-7-20-19(22-15-18-9-13-23(6)14-10-18)21-11-8-12-24(16(2)3)17(4)5;/h16-18H,7-15H2,1-6H3,(H2,20,21,22);1H. The van der Waals surface area contributed by atoms with Crippen molar-refractivity contribution in [3.05, 3.63) is 0 Å². The molecular weight excluding hydrogens is 425 g/mol. The molecule has 0 bridgehead atoms. The molecule has 0 radical (unpaired) electrons. The van der Waals surface area contributed by atoms with Crippen LogP contribution in [-0.4, -0.2) is 74.2 Å². The van der Waals surface area contributed by atoms with Gasteiger partial charge in [0.05, 0.1) is 0 Å². The molecule has 150 valence electrons. The average Bonchev–Trinajstić information content (AvgIpc) is 2.53. The van der Waals surface area contributed by atoms with Crippen LogP contribution in [0, 0.1) is 5.92 Å². The third-order valence-corrected chi connectivity index (χ3v) is 4.90. The molecule has 1 saturated heterocycles. The molecule has 1 aliphatic rings. The molecule has 1 rings (SSSR count). The second-order valence-electron chi connectivity index (χ2n) is 7.67. The largest absolute Gasteiger partial charge is 0.357 e. The van der Waals surface area contributed by atoms with Crippen LogP contribution in [-0.2, 0) is 0 Å². The first-order valence-corrected chi connectivity index (χ1v) is 9.90. The van der Waals surface area contributed by atoms with Gasteiger partial charge in [-0.25, -0.2) is 0 Å². The minimum absolute atomic E-state index is 0. The summed E-state index contributed by atoms with van der Waals surface area (Å²) in [5.74, 6) is 1.73. The summed E-state index contributed by atoms with van der Waals surface area (Å²) in [7, 11) is 2.21. The van der Waals surface area contributed by atoms with Gasteiger partial charge < -0.3 is 15.5 Å². The number of hydrogen-bond acceptors (Lipinski definition) is 3. The van der Waals surface area contributed by atoms with Crippen molar-refractivity contribution in [1.82, 2.24) is 20.4 Å². The van der Waals surface area contributed by atoms with Gasteiger partial charge in [0.15, 0.2) is 5.96 Å². The number of hydrogen-bond donors (Lipinski definition) is 2. The molecule has 0 spiro atoms. The molecule has 0 atom stereocenters. The predicted octanol–water partition coefficient (Wildman–Crippen LogP) is 3.01. The highest BCUT2D eigenvalue weighted by Crippen LogP contribution is 2.15. The van der Waals surface area contributed by atoms with Crippen LogP contribution in [0.15, 0.2) is 4.99 Å². The number of nitrogens with one attached hydrogen (secondary N) is 2. The van der Waals surface area contributed by atoms with E-state index in [0.717, 1.165) is 44.5 Å². The van der Waals surface area contributed by atoms with Gasteiger partial charge in [0.2, 0.25) is 0 Å². The van der Waals surface area contributed by atoms with Crippen molar-refractivity contribution >= 4 is 29.9 Å². The summed E-state index contributed by atoms with van der Waals surface area (Å²) in [6, 6.07) is 1.22. The number of nitrogens with zero attached hydrogens (tertiary/aromatic N) is 3. The zero-order valence-corrected chi connectivity index (χ0v) is 19.7. The lowest BCUT2D eigenvalue weighted by molar-refractivity contribution is 0.173. The first-order valence-electron chi connectivity index (χ1n) is 9.90. The van der Waals surface area contributed by atoms with Gasteiger partial charge in [0.1, 0.15) is 0 Å². The Bertz CT molecular complexity index is 344. The summed E-state index contributed by atoms with van der Waals surface area (Å²) in [6.07, 6.45) is 3.70. The van der Waals surface area contributed by atoms with Crippen molar-refractivity contribution in [3.8, 4) is 0 Å². The van der Waals surface area contributed by atoms with Crippen molar-refractivity contribution in [3.63, 3.8) is 0 Å². The van der Waals surface area contributed by atoms with Crippen molar-refractivity contribution in [1.29, 1.82) is 0 Å². The molecule has 0 amide bonds. The molecule has 0 aromatic carbocycles. The van der Waals surface area contributed by atoms with Crippen molar-refractivity contribution in [2.24, 2.45) is 10.9 Å². The zero-order chi connectivity index (χ0) is 17.9. The van der Waals surface area contributed by atoms with E-state index in [0.29, 0.717) is 12.1 Å². The highest BCUT2D eigenvalue weighted by Gasteiger charge is 2.16. The van der Waals surface area contributed by atoms with Gasteiger partial charge in [-0.05, 0) is 79.9 Å². The van der Waals surface area contributed by atoms with Gasteiger partial charge in [-0.15, -0.1) is 24.0 Å². The number of guanidine groups is 1. The summed E-state index contributed by atoms with van der Waals surface area (Å²) >= 11 is 0. The Kier molecular flexibility index (Phi) is 14.0. The van der Waals surface area contributed by atoms with Crippen LogP contribution in [0.3, 0.4) is 0 Å². The van der Waals surface area contributed by atoms with E-state index in [4.69, 9.17) is 4.99 Å². The molecule has 0 aromatic heterocycles. The van der Waals surface area contributed by atoms with E-state index < -0.39 is 0 Å². The van der Waals surface area contributed by atoms with E-state index in [2.05, 4.69) is 62.1 Å². The van der Waals surface area contributed by atoms with Crippen LogP contribution in [0.2, 0.25) is 0 Å². The fourth-order valence-electron chi connectivity index (χ4n) is 3.39. The van der Waals surface area contributed by atoms with Crippen LogP contribution in [0.5, 0.6) is 0 Å². The molecule has 0 saturated carbocycles. The molecule has 1 fully saturated rings. The number of rotatable bonds is 9. The number of aliphatic imine (C=N–C) groups is 1. The van der Waals surface area contributed by atoms with Crippen LogP contribution in [0.1, 0.15) is 53.9 Å². The lowest BCUT2D eigenvalue weighted by Crippen LogP contribution is -2.41. The third kappa shape index (κ3) is 10.6. The molecule has 5 nitrogen and oxygen atoms in total. The highest BCUT2D eigenvalue weighted by molar-refractivity contribution is 14.0. The van der Waals surface area contributed by atoms with Crippen molar-refractivity contribution in [2.45, 2.75) is 66.0 Å². The minimum atomic E-state index is 0. The predicted molar refractivity (Wildman–Crippen MR) is 121 cm³/mol. The molecule has 1 aliphatic heterocycles. The Morgan fingerprint density at radius 2 is 1.72 bits per heavy atom. The molecule has 1 heterocycles. The summed E-state index contributed by atoms with van der Waals surface area (Å²) in [5.41, 5.74) is 0. The fraction of sp³-hybridized carbons (Fsp3) is 0.947. The third-order valence-electron chi connectivity index (χ3n) is 4.90. The number of likely N-dealkylation sites (tertiary alicyclic amines) is 1. The topological polar surface area (TPSA) is 42.9 Å². The molecule has 6 heteroatoms. The first-order chi connectivity index (χ1) is 11.4. The fourth-order valence-corrected chi connectivity index (χ4v) is 3.39. The van der Waals surface area contributed by atoms with Crippen LogP contribution >= 0.6 is 24.0 Å². The lowest BCUT2D eigenvalue weighted by atomic mass is 9.97. The van der Waals surface area contributed by atoms with E-state index >= 15 is 0 Å². The quantitative estimate of drug-likeness (QED) is 0.237. The second-order valence-corrected chi connectivity index (χ2v) is 7.67. The minimum Gasteiger partial charge on any atom is -0.357 e. The summed E-state index contributed by atoms with van der Waals surface area (Å²) in [6.45, 7) is 17.7. The SMILES string of the molecule is CCNC(=NCC1CCN(C)CC1)NCCCN(C(C)C)C(C)C.I. The van der Waals surface area contributed by atoms with Gasteiger partial charge in [-0.1, -0.05) is 0 Å². The van der Waals surface area contributed by atoms with E-state index in [-0.39, 0.29) is 24.0 Å². The Hall–Kier alpha value is -0.0800. The molecule has 0 unspecified atom stereocenters. The Labute approximate surface area is 173 Å². The molecule has 0 aliphatic carbocycles. The molecule has 25 heavy (non-hydrogen) atoms. The van der Waals surface area contributed by atoms with Crippen molar-refractivity contribution in [2.75, 3.05) is 46.3 Å². The molecule has 0 aromatic rings. The monoisotopic (exact) mass is 467 g/mol. The molecule has 2 N–H and O–H groups in total. The average molecular weight is 467 g/mol. The van der Waals surface area contributed by atoms with Gasteiger partial charge >= 0.3 is 0 Å². The molecular formula is C19H42IN5. The van der Waals surface area contributed by atoms with E-state index in [1.54, 1.807) is 0 Å². The van der Waals surface area contributed by atoms with Crippen LogP contribution < -0.4 is 10.6 Å². The van der Waals surface area contributed by atoms with Crippen LogP contribution in [0.4, 0.5) is 0 Å². The Morgan fingerprint density at radius 1 is 1.12 bits per heavy atom. The van der Waals surface area contributed by atoms with E-state index in [1.165, 1.54) is 25.9 Å². The number of halogens is 1. The van der Waals surface area contributed by atoms with Crippen molar-refractivity contribution < 1.29 is 0 Å². The Morgan fingerprint density at radius 3 is 2.24 bits per heavy atom. The van der Waals surface area contributed by atoms with Gasteiger partial charge in [0, 0.05) is 38.3 Å². The van der Waals surface area contributed by atoms with Gasteiger partial charge in [-0.3, -0.25) is 9.89 Å². The summed E-state index contributed by atoms with van der Waals surface area (Å²) in [5, 5.41) is 6.88. The smallest absolute Gasteiger partial charge is 0.191 e. The normalized spacial score (nSPS) is 17.2. The van der Waals surface area contributed by atoms with E-state index in [1.807, 2.05) is 0 Å². The summed E-state index contributed by atoms with van der Waals surface area (Å²) < 4.78 is 0. The first kappa shape index (κ1) is 24.9. The Balaban J connectivity index is 0.00000576. The maximum absolute atomic E-state index is 4.81. The van der Waals surface area contributed by atoms with Gasteiger partial charge in [0.25, 0.3) is 0 Å². The van der Waals surface area contributed by atoms with Gasteiger partial charge in [-0.2, -0.15) is 0 Å². The van der Waals surface area contributed by atoms with Crippen LogP contribution in [0.25, 0.3) is 0 Å². The zero-order valence-electron chi connectivity index (χ0n) is 17.3. The van der Waals surface area contributed by atoms with E-state index in [9.17, 15) is 0 Å². The highest BCUT2D eigenvalue weighted by atomic mass is 127. The maximum Gasteiger partial charge on any atom is 0.191 e. The lowest BCUT2D eigenvalue weighted by Gasteiger charge is -2.30. The maximum atomic E-state index is 4.81. The summed E-state index contributed by atoms with van der Waals surface area (Å²) in [4.78, 5) is 9.77. The number of piperidine rings is 1. The second kappa shape index (κ2) is 14.0.